The molecule has 0 atom stereocenters. The van der Waals surface area contributed by atoms with Gasteiger partial charge in [-0.25, -0.2) is 4.98 Å². The summed E-state index contributed by atoms with van der Waals surface area (Å²) in [5.41, 5.74) is 6.81. The van der Waals surface area contributed by atoms with Crippen LogP contribution in [0.1, 0.15) is 5.56 Å². The van der Waals surface area contributed by atoms with Gasteiger partial charge in [0.2, 0.25) is 5.88 Å². The van der Waals surface area contributed by atoms with Crippen LogP contribution >= 0.6 is 0 Å². The highest BCUT2D eigenvalue weighted by Crippen LogP contribution is 2.23. The van der Waals surface area contributed by atoms with Crippen molar-refractivity contribution >= 4 is 16.7 Å². The fourth-order valence-electron chi connectivity index (χ4n) is 1.83. The minimum Gasteiger partial charge on any atom is -0.439 e. The van der Waals surface area contributed by atoms with Crippen LogP contribution in [0.15, 0.2) is 54.9 Å². The second-order valence-corrected chi connectivity index (χ2v) is 4.26. The van der Waals surface area contributed by atoms with Crippen LogP contribution in [0.4, 0.5) is 0 Å². The molecule has 98 valence electrons. The van der Waals surface area contributed by atoms with Crippen molar-refractivity contribution in [3.8, 4) is 11.6 Å². The number of ether oxygens (including phenoxy) is 1. The molecule has 0 amide bonds. The SMILES string of the molecule is N=C(N)c1ccc(Oc2ccc3cccnc3c2)nc1. The van der Waals surface area contributed by atoms with Gasteiger partial charge in [0.15, 0.2) is 0 Å². The molecule has 1 aromatic carbocycles. The van der Waals surface area contributed by atoms with Gasteiger partial charge in [-0.2, -0.15) is 0 Å². The number of fused-ring (bicyclic) bond motifs is 1. The summed E-state index contributed by atoms with van der Waals surface area (Å²) in [5, 5.41) is 8.36. The molecule has 0 saturated carbocycles. The zero-order chi connectivity index (χ0) is 13.9. The third kappa shape index (κ3) is 2.42. The highest BCUT2D eigenvalue weighted by atomic mass is 16.5. The minimum atomic E-state index is -0.0149. The van der Waals surface area contributed by atoms with Crippen molar-refractivity contribution < 1.29 is 4.74 Å². The fourth-order valence-corrected chi connectivity index (χ4v) is 1.83. The molecule has 3 rings (SSSR count). The minimum absolute atomic E-state index is 0.0149. The van der Waals surface area contributed by atoms with Gasteiger partial charge in [0.1, 0.15) is 11.6 Å². The van der Waals surface area contributed by atoms with E-state index in [4.69, 9.17) is 15.9 Å². The van der Waals surface area contributed by atoms with Gasteiger partial charge in [0.25, 0.3) is 0 Å². The normalized spacial score (nSPS) is 10.4. The second kappa shape index (κ2) is 4.97. The van der Waals surface area contributed by atoms with Gasteiger partial charge in [-0.1, -0.05) is 6.07 Å². The molecule has 0 bridgehead atoms. The molecule has 0 aliphatic rings. The summed E-state index contributed by atoms with van der Waals surface area (Å²) in [5.74, 6) is 1.10. The average molecular weight is 264 g/mol. The number of benzene rings is 1. The molecule has 5 heteroatoms. The average Bonchev–Trinajstić information content (AvgIpc) is 2.48. The van der Waals surface area contributed by atoms with E-state index in [9.17, 15) is 0 Å². The van der Waals surface area contributed by atoms with E-state index < -0.39 is 0 Å². The molecule has 5 nitrogen and oxygen atoms in total. The Morgan fingerprint density at radius 3 is 2.75 bits per heavy atom. The molecule has 0 fully saturated rings. The summed E-state index contributed by atoms with van der Waals surface area (Å²) in [4.78, 5) is 8.39. The first-order valence-corrected chi connectivity index (χ1v) is 6.05. The standard InChI is InChI=1S/C15H12N4O/c16-15(17)11-4-6-14(19-9-11)20-12-5-3-10-2-1-7-18-13(10)8-12/h1-9H,(H3,16,17). The Hall–Kier alpha value is -2.95. The molecule has 0 saturated heterocycles. The van der Waals surface area contributed by atoms with Gasteiger partial charge in [0.05, 0.1) is 5.52 Å². The zero-order valence-electron chi connectivity index (χ0n) is 10.6. The molecular weight excluding hydrogens is 252 g/mol. The van der Waals surface area contributed by atoms with Crippen molar-refractivity contribution in [2.75, 3.05) is 0 Å². The maximum Gasteiger partial charge on any atom is 0.219 e. The Morgan fingerprint density at radius 1 is 1.10 bits per heavy atom. The van der Waals surface area contributed by atoms with Crippen LogP contribution in [0.2, 0.25) is 0 Å². The van der Waals surface area contributed by atoms with Gasteiger partial charge in [0, 0.05) is 35.5 Å². The molecule has 0 unspecified atom stereocenters. The summed E-state index contributed by atoms with van der Waals surface area (Å²) in [6, 6.07) is 12.9. The van der Waals surface area contributed by atoms with Crippen LogP contribution in [0.25, 0.3) is 10.9 Å². The number of nitrogen functional groups attached to an aromatic ring is 1. The van der Waals surface area contributed by atoms with Crippen LogP contribution in [0, 0.1) is 5.41 Å². The van der Waals surface area contributed by atoms with Gasteiger partial charge in [-0.05, 0) is 24.3 Å². The van der Waals surface area contributed by atoms with Gasteiger partial charge < -0.3 is 10.5 Å². The van der Waals surface area contributed by atoms with E-state index in [-0.39, 0.29) is 5.84 Å². The lowest BCUT2D eigenvalue weighted by atomic mass is 10.2. The van der Waals surface area contributed by atoms with Crippen LogP contribution in [0.5, 0.6) is 11.6 Å². The lowest BCUT2D eigenvalue weighted by molar-refractivity contribution is 0.463. The Morgan fingerprint density at radius 2 is 2.00 bits per heavy atom. The molecule has 2 heterocycles. The topological polar surface area (TPSA) is 84.9 Å². The van der Waals surface area contributed by atoms with Crippen LogP contribution in [-0.2, 0) is 0 Å². The van der Waals surface area contributed by atoms with E-state index in [1.165, 1.54) is 6.20 Å². The lowest BCUT2D eigenvalue weighted by Crippen LogP contribution is -2.11. The fraction of sp³-hybridized carbons (Fsp3) is 0. The molecule has 0 aliphatic heterocycles. The highest BCUT2D eigenvalue weighted by Gasteiger charge is 2.02. The molecule has 0 radical (unpaired) electrons. The van der Waals surface area contributed by atoms with E-state index in [1.807, 2.05) is 30.3 Å². The number of nitrogens with one attached hydrogen (secondary N) is 1. The van der Waals surface area contributed by atoms with E-state index in [0.717, 1.165) is 10.9 Å². The number of hydrogen-bond acceptors (Lipinski definition) is 4. The largest absolute Gasteiger partial charge is 0.439 e. The molecule has 2 aromatic heterocycles. The summed E-state index contributed by atoms with van der Waals surface area (Å²) < 4.78 is 5.66. The van der Waals surface area contributed by atoms with E-state index in [2.05, 4.69) is 9.97 Å². The Kier molecular flexibility index (Phi) is 3.01. The predicted octanol–water partition coefficient (Wildman–Crippen LogP) is 2.71. The molecule has 3 N–H and O–H groups in total. The van der Waals surface area contributed by atoms with Crippen molar-refractivity contribution in [3.05, 3.63) is 60.4 Å². The van der Waals surface area contributed by atoms with Crippen molar-refractivity contribution in [2.45, 2.75) is 0 Å². The first kappa shape index (κ1) is 12.1. The monoisotopic (exact) mass is 264 g/mol. The van der Waals surface area contributed by atoms with Crippen LogP contribution in [-0.4, -0.2) is 15.8 Å². The zero-order valence-corrected chi connectivity index (χ0v) is 10.6. The number of hydrogen-bond donors (Lipinski definition) is 2. The van der Waals surface area contributed by atoms with Crippen molar-refractivity contribution in [3.63, 3.8) is 0 Å². The van der Waals surface area contributed by atoms with Gasteiger partial charge >= 0.3 is 0 Å². The highest BCUT2D eigenvalue weighted by molar-refractivity contribution is 5.94. The van der Waals surface area contributed by atoms with E-state index >= 15 is 0 Å². The number of pyridine rings is 2. The Bertz CT molecular complexity index is 768. The Balaban J connectivity index is 1.87. The van der Waals surface area contributed by atoms with Crippen molar-refractivity contribution in [1.82, 2.24) is 9.97 Å². The smallest absolute Gasteiger partial charge is 0.219 e. The first-order chi connectivity index (χ1) is 9.72. The number of amidine groups is 1. The first-order valence-electron chi connectivity index (χ1n) is 6.05. The molecular formula is C15H12N4O. The molecule has 3 aromatic rings. The summed E-state index contributed by atoms with van der Waals surface area (Å²) in [7, 11) is 0. The maximum absolute atomic E-state index is 7.31. The summed E-state index contributed by atoms with van der Waals surface area (Å²) in [6.07, 6.45) is 3.25. The predicted molar refractivity (Wildman–Crippen MR) is 77.1 cm³/mol. The van der Waals surface area contributed by atoms with Crippen molar-refractivity contribution in [2.24, 2.45) is 5.73 Å². The summed E-state index contributed by atoms with van der Waals surface area (Å²) in [6.45, 7) is 0. The summed E-state index contributed by atoms with van der Waals surface area (Å²) >= 11 is 0. The van der Waals surface area contributed by atoms with E-state index in [1.54, 1.807) is 18.3 Å². The lowest BCUT2D eigenvalue weighted by Gasteiger charge is -2.06. The molecule has 0 aliphatic carbocycles. The second-order valence-electron chi connectivity index (χ2n) is 4.26. The van der Waals surface area contributed by atoms with E-state index in [0.29, 0.717) is 17.2 Å². The third-order valence-electron chi connectivity index (χ3n) is 2.85. The number of aromatic nitrogens is 2. The van der Waals surface area contributed by atoms with Gasteiger partial charge in [-0.15, -0.1) is 0 Å². The molecule has 0 spiro atoms. The van der Waals surface area contributed by atoms with Crippen LogP contribution in [0.3, 0.4) is 0 Å². The number of nitrogens with zero attached hydrogens (tertiary/aromatic N) is 2. The van der Waals surface area contributed by atoms with Crippen LogP contribution < -0.4 is 10.5 Å². The maximum atomic E-state index is 7.31. The number of nitrogens with two attached hydrogens (primary N) is 1. The third-order valence-corrected chi connectivity index (χ3v) is 2.85. The number of rotatable bonds is 3. The Labute approximate surface area is 115 Å². The van der Waals surface area contributed by atoms with Gasteiger partial charge in [-0.3, -0.25) is 10.4 Å². The molecule has 20 heavy (non-hydrogen) atoms. The quantitative estimate of drug-likeness (QED) is 0.562. The van der Waals surface area contributed by atoms with Crippen molar-refractivity contribution in [1.29, 1.82) is 5.41 Å².